The number of ether oxygens (including phenoxy) is 1. The summed E-state index contributed by atoms with van der Waals surface area (Å²) in [5.74, 6) is 0.539. The van der Waals surface area contributed by atoms with E-state index in [0.717, 1.165) is 19.4 Å². The van der Waals surface area contributed by atoms with Gasteiger partial charge < -0.3 is 15.4 Å². The van der Waals surface area contributed by atoms with Crippen molar-refractivity contribution in [2.24, 2.45) is 5.92 Å². The van der Waals surface area contributed by atoms with E-state index in [1.54, 1.807) is 0 Å². The Hall–Kier alpha value is -0.770. The highest BCUT2D eigenvalue weighted by Crippen LogP contribution is 2.18. The zero-order chi connectivity index (χ0) is 11.3. The normalized spacial score (nSPS) is 17.6. The van der Waals surface area contributed by atoms with Gasteiger partial charge in [0.05, 0.1) is 12.6 Å². The van der Waals surface area contributed by atoms with Gasteiger partial charge in [0.15, 0.2) is 0 Å². The van der Waals surface area contributed by atoms with E-state index < -0.39 is 0 Å². The van der Waals surface area contributed by atoms with Crippen molar-refractivity contribution < 1.29 is 9.53 Å². The van der Waals surface area contributed by atoms with Crippen molar-refractivity contribution in [1.82, 2.24) is 10.6 Å². The summed E-state index contributed by atoms with van der Waals surface area (Å²) in [6.07, 6.45) is 2.23. The van der Waals surface area contributed by atoms with Gasteiger partial charge in [0.2, 0.25) is 0 Å². The Kier molecular flexibility index (Phi) is 4.88. The van der Waals surface area contributed by atoms with Crippen LogP contribution in [0.25, 0.3) is 0 Å². The molecule has 1 rings (SSSR count). The number of carbonyl (C=O) groups excluding carboxylic acids is 1. The van der Waals surface area contributed by atoms with Gasteiger partial charge in [0, 0.05) is 12.6 Å². The third kappa shape index (κ3) is 6.33. The molecule has 0 saturated heterocycles. The number of hydrogen-bond acceptors (Lipinski definition) is 2. The molecule has 1 aliphatic carbocycles. The molecule has 0 unspecified atom stereocenters. The summed E-state index contributed by atoms with van der Waals surface area (Å²) >= 11 is 0. The molecule has 88 valence electrons. The minimum absolute atomic E-state index is 0.0712. The molecule has 0 spiro atoms. The molecular weight excluding hydrogens is 192 g/mol. The van der Waals surface area contributed by atoms with Gasteiger partial charge in [0.25, 0.3) is 0 Å². The van der Waals surface area contributed by atoms with E-state index in [0.29, 0.717) is 18.6 Å². The highest BCUT2D eigenvalue weighted by atomic mass is 16.5. The van der Waals surface area contributed by atoms with Crippen LogP contribution in [0.5, 0.6) is 0 Å². The Morgan fingerprint density at radius 2 is 2.00 bits per heavy atom. The molecule has 0 aromatic carbocycles. The van der Waals surface area contributed by atoms with Gasteiger partial charge in [-0.3, -0.25) is 0 Å². The van der Waals surface area contributed by atoms with Crippen molar-refractivity contribution in [2.45, 2.75) is 45.7 Å². The first-order valence-electron chi connectivity index (χ1n) is 5.72. The van der Waals surface area contributed by atoms with E-state index in [2.05, 4.69) is 24.5 Å². The maximum atomic E-state index is 11.3. The lowest BCUT2D eigenvalue weighted by Crippen LogP contribution is -2.43. The minimum atomic E-state index is -0.0712. The summed E-state index contributed by atoms with van der Waals surface area (Å²) in [6.45, 7) is 7.50. The predicted octanol–water partition coefficient (Wildman–Crippen LogP) is 1.51. The van der Waals surface area contributed by atoms with Crippen LogP contribution in [0.3, 0.4) is 0 Å². The minimum Gasteiger partial charge on any atom is -0.379 e. The standard InChI is InChI=1S/C11H22N2O2/c1-8(2)6-15-7-9(3)12-11(14)13-10-4-5-10/h8-10H,4-7H2,1-3H3,(H2,12,13,14)/t9-/m1/s1. The van der Waals surface area contributed by atoms with Crippen LogP contribution in [0.4, 0.5) is 4.79 Å². The molecule has 0 bridgehead atoms. The van der Waals surface area contributed by atoms with Crippen LogP contribution < -0.4 is 10.6 Å². The summed E-state index contributed by atoms with van der Waals surface area (Å²) in [5, 5.41) is 5.73. The molecule has 1 aliphatic rings. The summed E-state index contributed by atoms with van der Waals surface area (Å²) in [4.78, 5) is 11.3. The molecule has 2 amide bonds. The van der Waals surface area contributed by atoms with Crippen molar-refractivity contribution in [1.29, 1.82) is 0 Å². The van der Waals surface area contributed by atoms with Gasteiger partial charge in [-0.2, -0.15) is 0 Å². The molecule has 0 aromatic heterocycles. The number of urea groups is 1. The number of carbonyl (C=O) groups is 1. The average Bonchev–Trinajstić information content (AvgIpc) is 2.86. The Bertz CT molecular complexity index is 203. The largest absolute Gasteiger partial charge is 0.379 e. The molecule has 2 N–H and O–H groups in total. The van der Waals surface area contributed by atoms with Crippen molar-refractivity contribution in [3.05, 3.63) is 0 Å². The van der Waals surface area contributed by atoms with Gasteiger partial charge in [-0.25, -0.2) is 4.79 Å². The zero-order valence-electron chi connectivity index (χ0n) is 9.88. The fourth-order valence-electron chi connectivity index (χ4n) is 1.20. The highest BCUT2D eigenvalue weighted by Gasteiger charge is 2.23. The van der Waals surface area contributed by atoms with E-state index in [1.165, 1.54) is 0 Å². The van der Waals surface area contributed by atoms with E-state index >= 15 is 0 Å². The summed E-state index contributed by atoms with van der Waals surface area (Å²) in [6, 6.07) is 0.412. The SMILES string of the molecule is CC(C)COC[C@@H](C)NC(=O)NC1CC1. The van der Waals surface area contributed by atoms with E-state index in [1.807, 2.05) is 6.92 Å². The van der Waals surface area contributed by atoms with Gasteiger partial charge in [-0.05, 0) is 25.7 Å². The third-order valence-corrected chi connectivity index (χ3v) is 2.11. The lowest BCUT2D eigenvalue weighted by Gasteiger charge is -2.15. The number of rotatable bonds is 6. The van der Waals surface area contributed by atoms with Crippen LogP contribution >= 0.6 is 0 Å². The number of amides is 2. The first-order chi connectivity index (χ1) is 7.08. The van der Waals surface area contributed by atoms with Crippen molar-refractivity contribution in [3.63, 3.8) is 0 Å². The molecule has 1 fully saturated rings. The molecule has 4 nitrogen and oxygen atoms in total. The number of nitrogens with one attached hydrogen (secondary N) is 2. The first-order valence-corrected chi connectivity index (χ1v) is 5.72. The van der Waals surface area contributed by atoms with Crippen LogP contribution in [-0.2, 0) is 4.74 Å². The topological polar surface area (TPSA) is 50.4 Å². The molecule has 0 heterocycles. The molecule has 15 heavy (non-hydrogen) atoms. The maximum absolute atomic E-state index is 11.3. The molecule has 0 aromatic rings. The molecule has 1 atom stereocenters. The Labute approximate surface area is 91.8 Å². The maximum Gasteiger partial charge on any atom is 0.315 e. The highest BCUT2D eigenvalue weighted by molar-refractivity contribution is 5.74. The van der Waals surface area contributed by atoms with Crippen molar-refractivity contribution in [3.8, 4) is 0 Å². The van der Waals surface area contributed by atoms with E-state index in [4.69, 9.17) is 4.74 Å². The lowest BCUT2D eigenvalue weighted by molar-refractivity contribution is 0.0954. The smallest absolute Gasteiger partial charge is 0.315 e. The van der Waals surface area contributed by atoms with Crippen LogP contribution in [0, 0.1) is 5.92 Å². The first kappa shape index (κ1) is 12.3. The van der Waals surface area contributed by atoms with Crippen LogP contribution in [0.15, 0.2) is 0 Å². The predicted molar refractivity (Wildman–Crippen MR) is 59.8 cm³/mol. The van der Waals surface area contributed by atoms with Gasteiger partial charge in [-0.15, -0.1) is 0 Å². The van der Waals surface area contributed by atoms with Crippen molar-refractivity contribution >= 4 is 6.03 Å². The second kappa shape index (κ2) is 5.95. The van der Waals surface area contributed by atoms with Gasteiger partial charge >= 0.3 is 6.03 Å². The summed E-state index contributed by atoms with van der Waals surface area (Å²) < 4.78 is 5.44. The molecule has 4 heteroatoms. The van der Waals surface area contributed by atoms with Crippen LogP contribution in [0.2, 0.25) is 0 Å². The zero-order valence-corrected chi connectivity index (χ0v) is 9.88. The van der Waals surface area contributed by atoms with E-state index in [9.17, 15) is 4.79 Å². The molecule has 0 radical (unpaired) electrons. The van der Waals surface area contributed by atoms with Gasteiger partial charge in [-0.1, -0.05) is 13.8 Å². The molecular formula is C11H22N2O2. The molecule has 1 saturated carbocycles. The number of hydrogen-bond donors (Lipinski definition) is 2. The van der Waals surface area contributed by atoms with Crippen LogP contribution in [0.1, 0.15) is 33.6 Å². The second-order valence-electron chi connectivity index (χ2n) is 4.72. The quantitative estimate of drug-likeness (QED) is 0.704. The Morgan fingerprint density at radius 3 is 2.53 bits per heavy atom. The van der Waals surface area contributed by atoms with Crippen LogP contribution in [-0.4, -0.2) is 31.3 Å². The fourth-order valence-corrected chi connectivity index (χ4v) is 1.20. The lowest BCUT2D eigenvalue weighted by atomic mass is 10.2. The third-order valence-electron chi connectivity index (χ3n) is 2.11. The van der Waals surface area contributed by atoms with Crippen molar-refractivity contribution in [2.75, 3.05) is 13.2 Å². The summed E-state index contributed by atoms with van der Waals surface area (Å²) in [7, 11) is 0. The van der Waals surface area contributed by atoms with Gasteiger partial charge in [0.1, 0.15) is 0 Å². The Balaban J connectivity index is 2.00. The fraction of sp³-hybridized carbons (Fsp3) is 0.909. The van der Waals surface area contributed by atoms with E-state index in [-0.39, 0.29) is 12.1 Å². The summed E-state index contributed by atoms with van der Waals surface area (Å²) in [5.41, 5.74) is 0. The molecule has 0 aliphatic heterocycles. The monoisotopic (exact) mass is 214 g/mol. The average molecular weight is 214 g/mol. The second-order valence-corrected chi connectivity index (χ2v) is 4.72. The Morgan fingerprint density at radius 1 is 1.33 bits per heavy atom.